The first-order valence-corrected chi connectivity index (χ1v) is 8.18. The van der Waals surface area contributed by atoms with Crippen LogP contribution in [-0.2, 0) is 43.1 Å². The third kappa shape index (κ3) is 11.1. The van der Waals surface area contributed by atoms with Crippen LogP contribution in [0.2, 0.25) is 0 Å². The van der Waals surface area contributed by atoms with Gasteiger partial charge in [0.15, 0.2) is 0 Å². The van der Waals surface area contributed by atoms with Crippen molar-refractivity contribution in [2.24, 2.45) is 0 Å². The van der Waals surface area contributed by atoms with Crippen LogP contribution in [0.5, 0.6) is 0 Å². The first kappa shape index (κ1) is 34.4. The van der Waals surface area contributed by atoms with Crippen molar-refractivity contribution in [1.82, 2.24) is 10.1 Å². The number of ether oxygens (including phenoxy) is 1. The molecule has 2 saturated heterocycles. The number of halogens is 9. The number of hydrogen-bond donors (Lipinski definition) is 1. The van der Waals surface area contributed by atoms with Crippen LogP contribution in [0, 0.1) is 0 Å². The lowest BCUT2D eigenvalue weighted by Crippen LogP contribution is -2.37. The topological polar surface area (TPSA) is 165 Å². The van der Waals surface area contributed by atoms with E-state index in [9.17, 15) is 73.1 Å². The largest absolute Gasteiger partial charge is 0.493 e. The zero-order chi connectivity index (χ0) is 27.9. The third-order valence-electron chi connectivity index (χ3n) is 3.08. The van der Waals surface area contributed by atoms with Gasteiger partial charge in [-0.15, -0.1) is 5.06 Å². The standard InChI is InChI=1S/C6H4F3NO4.C4F6O3.C4H5NO3.CH4/c7-6(8,9)5(13)14-10-3(11)1-2-4(10)12;5-3(6,7)1(11)13-2(12)4(8,9)10;6-3-1-2-4(7)5(3)8;/h1-2H2;;8H,1-2H2;1H4. The Bertz CT molecular complexity index is 840. The molecule has 12 nitrogen and oxygen atoms in total. The lowest BCUT2D eigenvalue weighted by molar-refractivity contribution is -0.232. The highest BCUT2D eigenvalue weighted by molar-refractivity contribution is 6.02. The summed E-state index contributed by atoms with van der Waals surface area (Å²) in [6.45, 7) is 0. The number of carbonyl (C=O) groups excluding carboxylic acids is 7. The van der Waals surface area contributed by atoms with Gasteiger partial charge in [-0.2, -0.15) is 44.6 Å². The van der Waals surface area contributed by atoms with Crippen LogP contribution < -0.4 is 0 Å². The zero-order valence-electron chi connectivity index (χ0n) is 16.2. The molecule has 36 heavy (non-hydrogen) atoms. The molecule has 0 atom stereocenters. The number of hydrogen-bond acceptors (Lipinski definition) is 10. The summed E-state index contributed by atoms with van der Waals surface area (Å²) in [5.74, 6) is -11.9. The SMILES string of the molecule is C.O=C(OC(=O)C(F)(F)F)C(F)(F)F.O=C1CCC(=O)N1O.O=C1CCC(=O)N1OC(=O)C(F)(F)F. The van der Waals surface area contributed by atoms with E-state index in [0.717, 1.165) is 0 Å². The fourth-order valence-corrected chi connectivity index (χ4v) is 1.56. The number of rotatable bonds is 1. The Labute approximate surface area is 192 Å². The molecule has 4 amide bonds. The normalized spacial score (nSPS) is 15.8. The molecule has 2 aliphatic heterocycles. The van der Waals surface area contributed by atoms with Crippen LogP contribution in [0.3, 0.4) is 0 Å². The maximum atomic E-state index is 11.6. The molecule has 0 aromatic carbocycles. The zero-order valence-corrected chi connectivity index (χ0v) is 16.2. The van der Waals surface area contributed by atoms with E-state index in [-0.39, 0.29) is 43.2 Å². The lowest BCUT2D eigenvalue weighted by atomic mass is 10.4. The minimum atomic E-state index is -5.62. The molecule has 2 rings (SSSR count). The summed E-state index contributed by atoms with van der Waals surface area (Å²) in [6.07, 6.45) is -16.7. The van der Waals surface area contributed by atoms with Crippen molar-refractivity contribution in [3.8, 4) is 0 Å². The fraction of sp³-hybridized carbons (Fsp3) is 0.533. The van der Waals surface area contributed by atoms with Crippen molar-refractivity contribution in [2.45, 2.75) is 51.6 Å². The van der Waals surface area contributed by atoms with Gasteiger partial charge in [-0.3, -0.25) is 24.4 Å². The monoisotopic (exact) mass is 552 g/mol. The van der Waals surface area contributed by atoms with Gasteiger partial charge in [-0.25, -0.2) is 14.4 Å². The third-order valence-corrected chi connectivity index (χ3v) is 3.08. The van der Waals surface area contributed by atoms with Crippen molar-refractivity contribution in [3.63, 3.8) is 0 Å². The van der Waals surface area contributed by atoms with E-state index >= 15 is 0 Å². The number of hydroxylamine groups is 4. The van der Waals surface area contributed by atoms with Crippen LogP contribution >= 0.6 is 0 Å². The molecule has 206 valence electrons. The number of carbonyl (C=O) groups is 7. The van der Waals surface area contributed by atoms with Crippen LogP contribution in [0.25, 0.3) is 0 Å². The van der Waals surface area contributed by atoms with Crippen LogP contribution in [0.15, 0.2) is 0 Å². The molecule has 21 heteroatoms. The molecule has 0 aromatic rings. The van der Waals surface area contributed by atoms with E-state index in [2.05, 4.69) is 9.57 Å². The number of nitrogens with zero attached hydrogens (tertiary/aromatic N) is 2. The molecule has 0 aromatic heterocycles. The number of alkyl halides is 9. The summed E-state index contributed by atoms with van der Waals surface area (Å²) in [5, 5.41) is 8.41. The van der Waals surface area contributed by atoms with Crippen LogP contribution in [0.4, 0.5) is 39.5 Å². The molecule has 0 aliphatic carbocycles. The van der Waals surface area contributed by atoms with Crippen molar-refractivity contribution in [2.75, 3.05) is 0 Å². The Morgan fingerprint density at radius 3 is 1.11 bits per heavy atom. The Morgan fingerprint density at radius 1 is 0.611 bits per heavy atom. The van der Waals surface area contributed by atoms with Gasteiger partial charge in [0.25, 0.3) is 23.6 Å². The summed E-state index contributed by atoms with van der Waals surface area (Å²) in [4.78, 5) is 75.0. The highest BCUT2D eigenvalue weighted by atomic mass is 19.4. The Morgan fingerprint density at radius 2 is 0.889 bits per heavy atom. The van der Waals surface area contributed by atoms with Crippen molar-refractivity contribution >= 4 is 41.5 Å². The lowest BCUT2D eigenvalue weighted by Gasteiger charge is -2.13. The molecule has 2 aliphatic rings. The smallest absolute Gasteiger partial charge is 0.380 e. The number of imide groups is 2. The molecule has 0 radical (unpaired) electrons. The maximum Gasteiger partial charge on any atom is 0.493 e. The minimum Gasteiger partial charge on any atom is -0.380 e. The van der Waals surface area contributed by atoms with E-state index in [4.69, 9.17) is 5.21 Å². The summed E-state index contributed by atoms with van der Waals surface area (Å²) >= 11 is 0. The molecule has 0 unspecified atom stereocenters. The van der Waals surface area contributed by atoms with Crippen molar-refractivity contribution in [3.05, 3.63) is 0 Å². The predicted molar refractivity (Wildman–Crippen MR) is 86.0 cm³/mol. The van der Waals surface area contributed by atoms with Gasteiger partial charge in [-0.1, -0.05) is 7.43 Å². The van der Waals surface area contributed by atoms with Gasteiger partial charge in [0.2, 0.25) is 0 Å². The number of amides is 4. The second-order valence-electron chi connectivity index (χ2n) is 5.73. The Kier molecular flexibility index (Phi) is 12.2. The van der Waals surface area contributed by atoms with Gasteiger partial charge in [0.05, 0.1) is 0 Å². The Hall–Kier alpha value is -3.78. The van der Waals surface area contributed by atoms with Gasteiger partial charge in [-0.05, 0) is 0 Å². The van der Waals surface area contributed by atoms with E-state index in [1.165, 1.54) is 0 Å². The predicted octanol–water partition coefficient (Wildman–Crippen LogP) is 1.50. The van der Waals surface area contributed by atoms with Crippen LogP contribution in [0.1, 0.15) is 33.1 Å². The summed E-state index contributed by atoms with van der Waals surface area (Å²) in [6, 6.07) is 0. The molecule has 1 N–H and O–H groups in total. The minimum absolute atomic E-state index is 0. The first-order valence-electron chi connectivity index (χ1n) is 8.18. The molecule has 2 heterocycles. The molecular formula is C15H13F9N2O10. The quantitative estimate of drug-likeness (QED) is 0.166. The molecular weight excluding hydrogens is 539 g/mol. The highest BCUT2D eigenvalue weighted by Crippen LogP contribution is 2.22. The van der Waals surface area contributed by atoms with Gasteiger partial charge in [0.1, 0.15) is 0 Å². The first-order chi connectivity index (χ1) is 15.6. The van der Waals surface area contributed by atoms with E-state index in [1.54, 1.807) is 0 Å². The van der Waals surface area contributed by atoms with Gasteiger partial charge < -0.3 is 9.57 Å². The second kappa shape index (κ2) is 12.8. The van der Waals surface area contributed by atoms with E-state index in [0.29, 0.717) is 0 Å². The Balaban J connectivity index is 0. The molecule has 2 fully saturated rings. The molecule has 0 spiro atoms. The van der Waals surface area contributed by atoms with Crippen molar-refractivity contribution in [1.29, 1.82) is 0 Å². The highest BCUT2D eigenvalue weighted by Gasteiger charge is 2.49. The maximum absolute atomic E-state index is 11.6. The second-order valence-corrected chi connectivity index (χ2v) is 5.73. The van der Waals surface area contributed by atoms with Crippen LogP contribution in [-0.4, -0.2) is 75.4 Å². The van der Waals surface area contributed by atoms with E-state index < -0.39 is 60.1 Å². The summed E-state index contributed by atoms with van der Waals surface area (Å²) in [7, 11) is 0. The molecule has 0 bridgehead atoms. The average molecular weight is 552 g/mol. The molecule has 0 saturated carbocycles. The summed E-state index contributed by atoms with van der Waals surface area (Å²) in [5.41, 5.74) is 0. The van der Waals surface area contributed by atoms with Crippen molar-refractivity contribution < 1.29 is 87.9 Å². The van der Waals surface area contributed by atoms with Gasteiger partial charge >= 0.3 is 36.4 Å². The van der Waals surface area contributed by atoms with E-state index in [1.807, 2.05) is 0 Å². The number of esters is 2. The van der Waals surface area contributed by atoms with Gasteiger partial charge in [0, 0.05) is 25.7 Å². The fourth-order valence-electron chi connectivity index (χ4n) is 1.56. The average Bonchev–Trinajstić information content (AvgIpc) is 3.16. The summed E-state index contributed by atoms with van der Waals surface area (Å²) < 4.78 is 105.